The fourth-order valence-corrected chi connectivity index (χ4v) is 3.10. The quantitative estimate of drug-likeness (QED) is 0.775. The molecule has 0 saturated carbocycles. The lowest BCUT2D eigenvalue weighted by atomic mass is 10.1. The molecule has 1 aromatic rings. The summed E-state index contributed by atoms with van der Waals surface area (Å²) in [4.78, 5) is 1.31. The van der Waals surface area contributed by atoms with Gasteiger partial charge in [-0.05, 0) is 30.8 Å². The molecule has 1 N–H and O–H groups in total. The van der Waals surface area contributed by atoms with Crippen molar-refractivity contribution in [3.8, 4) is 0 Å². The van der Waals surface area contributed by atoms with Crippen LogP contribution < -0.4 is 5.32 Å². The molecule has 1 aromatic heterocycles. The first kappa shape index (κ1) is 13.0. The van der Waals surface area contributed by atoms with E-state index in [1.165, 1.54) is 29.7 Å². The second-order valence-electron chi connectivity index (χ2n) is 3.85. The van der Waals surface area contributed by atoms with Gasteiger partial charge in [-0.15, -0.1) is 11.3 Å². The minimum Gasteiger partial charge on any atom is -0.309 e. The average molecular weight is 246 g/mol. The van der Waals surface area contributed by atoms with Crippen molar-refractivity contribution in [1.82, 2.24) is 5.32 Å². The Morgan fingerprint density at radius 3 is 2.67 bits per heavy atom. The number of halogens is 1. The molecule has 15 heavy (non-hydrogen) atoms. The molecule has 0 aromatic carbocycles. The van der Waals surface area contributed by atoms with Crippen LogP contribution in [0.15, 0.2) is 5.38 Å². The predicted molar refractivity (Wildman–Crippen MR) is 70.0 cm³/mol. The highest BCUT2D eigenvalue weighted by Crippen LogP contribution is 2.34. The van der Waals surface area contributed by atoms with Crippen molar-refractivity contribution < 1.29 is 0 Å². The van der Waals surface area contributed by atoms with Gasteiger partial charge in [-0.2, -0.15) is 0 Å². The van der Waals surface area contributed by atoms with Gasteiger partial charge in [-0.3, -0.25) is 0 Å². The van der Waals surface area contributed by atoms with Gasteiger partial charge >= 0.3 is 0 Å². The average Bonchev–Trinajstić information content (AvgIpc) is 2.55. The molecule has 0 aliphatic carbocycles. The second-order valence-corrected chi connectivity index (χ2v) is 5.14. The van der Waals surface area contributed by atoms with Crippen LogP contribution in [0.2, 0.25) is 5.02 Å². The topological polar surface area (TPSA) is 12.0 Å². The molecule has 0 amide bonds. The standard InChI is InChI=1S/C12H20ClNS/c1-4-6-7-10(14-5-2)12-11(13)9(3)8-15-12/h8,10,14H,4-7H2,1-3H3. The Morgan fingerprint density at radius 1 is 1.47 bits per heavy atom. The Kier molecular flexibility index (Phi) is 5.65. The summed E-state index contributed by atoms with van der Waals surface area (Å²) < 4.78 is 0. The summed E-state index contributed by atoms with van der Waals surface area (Å²) >= 11 is 8.07. The van der Waals surface area contributed by atoms with Gasteiger partial charge in [0, 0.05) is 10.9 Å². The Hall–Kier alpha value is -0.0500. The SMILES string of the molecule is CCCCC(NCC)c1scc(C)c1Cl. The van der Waals surface area contributed by atoms with Crippen molar-refractivity contribution in [2.45, 2.75) is 46.1 Å². The van der Waals surface area contributed by atoms with E-state index in [1.807, 2.05) is 0 Å². The van der Waals surface area contributed by atoms with Crippen molar-refractivity contribution >= 4 is 22.9 Å². The van der Waals surface area contributed by atoms with E-state index in [-0.39, 0.29) is 0 Å². The summed E-state index contributed by atoms with van der Waals surface area (Å²) in [6, 6.07) is 0.446. The van der Waals surface area contributed by atoms with Crippen LogP contribution >= 0.6 is 22.9 Å². The van der Waals surface area contributed by atoms with Gasteiger partial charge in [0.15, 0.2) is 0 Å². The van der Waals surface area contributed by atoms with E-state index < -0.39 is 0 Å². The van der Waals surface area contributed by atoms with E-state index in [0.29, 0.717) is 6.04 Å². The Balaban J connectivity index is 2.74. The Labute approximate surface area is 102 Å². The van der Waals surface area contributed by atoms with E-state index in [4.69, 9.17) is 11.6 Å². The van der Waals surface area contributed by atoms with Crippen LogP contribution in [0.3, 0.4) is 0 Å². The van der Waals surface area contributed by atoms with Crippen LogP contribution in [0.5, 0.6) is 0 Å². The molecule has 1 atom stereocenters. The zero-order valence-corrected chi connectivity index (χ0v) is 11.3. The van der Waals surface area contributed by atoms with Crippen LogP contribution in [-0.2, 0) is 0 Å². The lowest BCUT2D eigenvalue weighted by Gasteiger charge is -2.16. The number of rotatable bonds is 6. The van der Waals surface area contributed by atoms with Crippen LogP contribution in [0.4, 0.5) is 0 Å². The number of hydrogen-bond acceptors (Lipinski definition) is 2. The first-order valence-corrected chi connectivity index (χ1v) is 6.93. The summed E-state index contributed by atoms with van der Waals surface area (Å²) in [5, 5.41) is 6.62. The van der Waals surface area contributed by atoms with E-state index in [9.17, 15) is 0 Å². The molecule has 0 fully saturated rings. The molecular formula is C12H20ClNS. The van der Waals surface area contributed by atoms with E-state index in [0.717, 1.165) is 11.6 Å². The van der Waals surface area contributed by atoms with Crippen molar-refractivity contribution in [3.63, 3.8) is 0 Å². The van der Waals surface area contributed by atoms with Gasteiger partial charge in [0.1, 0.15) is 0 Å². The molecule has 1 rings (SSSR count). The third kappa shape index (κ3) is 3.47. The predicted octanol–water partition coefficient (Wildman–Crippen LogP) is 4.55. The normalized spacial score (nSPS) is 13.1. The second kappa shape index (κ2) is 6.51. The maximum atomic E-state index is 6.29. The van der Waals surface area contributed by atoms with Crippen LogP contribution in [0, 0.1) is 6.92 Å². The molecule has 0 saturated heterocycles. The van der Waals surface area contributed by atoms with Gasteiger partial charge < -0.3 is 5.32 Å². The van der Waals surface area contributed by atoms with Gasteiger partial charge in [0.25, 0.3) is 0 Å². The molecule has 0 bridgehead atoms. The number of thiophene rings is 1. The molecule has 0 aliphatic rings. The summed E-state index contributed by atoms with van der Waals surface area (Å²) in [5.74, 6) is 0. The summed E-state index contributed by atoms with van der Waals surface area (Å²) in [7, 11) is 0. The maximum absolute atomic E-state index is 6.29. The summed E-state index contributed by atoms with van der Waals surface area (Å²) in [6.07, 6.45) is 3.68. The van der Waals surface area contributed by atoms with Crippen molar-refractivity contribution in [3.05, 3.63) is 20.8 Å². The minimum absolute atomic E-state index is 0.446. The van der Waals surface area contributed by atoms with Crippen LogP contribution in [0.1, 0.15) is 49.6 Å². The lowest BCUT2D eigenvalue weighted by Crippen LogP contribution is -2.20. The fraction of sp³-hybridized carbons (Fsp3) is 0.667. The molecule has 86 valence electrons. The first-order valence-electron chi connectivity index (χ1n) is 5.67. The van der Waals surface area contributed by atoms with Crippen molar-refractivity contribution in [2.24, 2.45) is 0 Å². The van der Waals surface area contributed by atoms with Gasteiger partial charge in [0.05, 0.1) is 5.02 Å². The number of unbranched alkanes of at least 4 members (excludes halogenated alkanes) is 1. The monoisotopic (exact) mass is 245 g/mol. The first-order chi connectivity index (χ1) is 7.20. The Bertz CT molecular complexity index is 296. The van der Waals surface area contributed by atoms with Crippen molar-refractivity contribution in [2.75, 3.05) is 6.54 Å². The summed E-state index contributed by atoms with van der Waals surface area (Å²) in [6.45, 7) is 7.45. The molecule has 1 heterocycles. The highest BCUT2D eigenvalue weighted by atomic mass is 35.5. The Morgan fingerprint density at radius 2 is 2.20 bits per heavy atom. The smallest absolute Gasteiger partial charge is 0.0590 e. The van der Waals surface area contributed by atoms with Crippen LogP contribution in [0.25, 0.3) is 0 Å². The van der Waals surface area contributed by atoms with Gasteiger partial charge in [0.2, 0.25) is 0 Å². The maximum Gasteiger partial charge on any atom is 0.0590 e. The molecule has 0 aliphatic heterocycles. The highest BCUT2D eigenvalue weighted by molar-refractivity contribution is 7.10. The molecular weight excluding hydrogens is 226 g/mol. The van der Waals surface area contributed by atoms with Crippen molar-refractivity contribution in [1.29, 1.82) is 0 Å². The van der Waals surface area contributed by atoms with E-state index >= 15 is 0 Å². The van der Waals surface area contributed by atoms with Gasteiger partial charge in [-0.25, -0.2) is 0 Å². The third-order valence-electron chi connectivity index (χ3n) is 2.54. The molecule has 1 nitrogen and oxygen atoms in total. The number of aryl methyl sites for hydroxylation is 1. The van der Waals surface area contributed by atoms with Gasteiger partial charge in [-0.1, -0.05) is 38.3 Å². The van der Waals surface area contributed by atoms with E-state index in [2.05, 4.69) is 31.5 Å². The molecule has 0 spiro atoms. The molecule has 0 radical (unpaired) electrons. The third-order valence-corrected chi connectivity index (χ3v) is 4.37. The zero-order chi connectivity index (χ0) is 11.3. The fourth-order valence-electron chi connectivity index (χ4n) is 1.67. The number of hydrogen-bond donors (Lipinski definition) is 1. The van der Waals surface area contributed by atoms with E-state index in [1.54, 1.807) is 11.3 Å². The zero-order valence-electron chi connectivity index (χ0n) is 9.77. The highest BCUT2D eigenvalue weighted by Gasteiger charge is 2.16. The summed E-state index contributed by atoms with van der Waals surface area (Å²) in [5.41, 5.74) is 1.20. The molecule has 3 heteroatoms. The largest absolute Gasteiger partial charge is 0.309 e. The number of nitrogens with one attached hydrogen (secondary N) is 1. The molecule has 1 unspecified atom stereocenters. The lowest BCUT2D eigenvalue weighted by molar-refractivity contribution is 0.501. The van der Waals surface area contributed by atoms with Crippen LogP contribution in [-0.4, -0.2) is 6.54 Å². The minimum atomic E-state index is 0.446.